The molecule has 122 valence electrons. The Hall–Kier alpha value is -2.81. The highest BCUT2D eigenvalue weighted by atomic mass is 16.5. The van der Waals surface area contributed by atoms with Crippen LogP contribution in [-0.2, 0) is 0 Å². The lowest BCUT2D eigenvalue weighted by molar-refractivity contribution is 0.413. The number of benzene rings is 2. The van der Waals surface area contributed by atoms with E-state index in [0.717, 1.165) is 28.3 Å². The van der Waals surface area contributed by atoms with Crippen LogP contribution in [0, 0.1) is 13.8 Å². The van der Waals surface area contributed by atoms with Gasteiger partial charge in [-0.1, -0.05) is 24.3 Å². The molecule has 0 bridgehead atoms. The average Bonchev–Trinajstić information content (AvgIpc) is 2.61. The molecular weight excluding hydrogens is 298 g/mol. The van der Waals surface area contributed by atoms with E-state index in [-0.39, 0.29) is 0 Å². The number of pyridine rings is 1. The zero-order valence-corrected chi connectivity index (χ0v) is 14.5. The topological polar surface area (TPSA) is 31.4 Å². The van der Waals surface area contributed by atoms with Gasteiger partial charge in [0.15, 0.2) is 0 Å². The Labute approximate surface area is 142 Å². The minimum Gasteiger partial charge on any atom is -0.497 e. The fourth-order valence-corrected chi connectivity index (χ4v) is 3.01. The largest absolute Gasteiger partial charge is 0.497 e. The van der Waals surface area contributed by atoms with Crippen molar-refractivity contribution in [2.24, 2.45) is 0 Å². The van der Waals surface area contributed by atoms with Gasteiger partial charge in [0.25, 0.3) is 0 Å². The molecule has 0 saturated heterocycles. The molecule has 3 heteroatoms. The van der Waals surface area contributed by atoms with Crippen molar-refractivity contribution in [3.63, 3.8) is 0 Å². The zero-order valence-electron chi connectivity index (χ0n) is 14.5. The van der Waals surface area contributed by atoms with Crippen molar-refractivity contribution in [2.45, 2.75) is 13.8 Å². The maximum absolute atomic E-state index is 5.63. The molecular formula is C21H21NO2. The molecule has 3 aromatic rings. The van der Waals surface area contributed by atoms with Crippen LogP contribution in [0.1, 0.15) is 11.1 Å². The monoisotopic (exact) mass is 319 g/mol. The molecule has 24 heavy (non-hydrogen) atoms. The van der Waals surface area contributed by atoms with Crippen molar-refractivity contribution >= 4 is 0 Å². The number of aryl methyl sites for hydroxylation is 2. The van der Waals surface area contributed by atoms with E-state index in [1.54, 1.807) is 20.4 Å². The van der Waals surface area contributed by atoms with Gasteiger partial charge in [-0.2, -0.15) is 0 Å². The Kier molecular flexibility index (Phi) is 4.52. The van der Waals surface area contributed by atoms with Crippen LogP contribution in [0.2, 0.25) is 0 Å². The Morgan fingerprint density at radius 3 is 2.25 bits per heavy atom. The predicted molar refractivity (Wildman–Crippen MR) is 97.7 cm³/mol. The van der Waals surface area contributed by atoms with Gasteiger partial charge < -0.3 is 9.47 Å². The first kappa shape index (κ1) is 16.1. The first-order chi connectivity index (χ1) is 11.6. The fourth-order valence-electron chi connectivity index (χ4n) is 3.01. The highest BCUT2D eigenvalue weighted by Crippen LogP contribution is 2.36. The van der Waals surface area contributed by atoms with E-state index in [1.807, 2.05) is 12.1 Å². The number of hydrogen-bond donors (Lipinski definition) is 0. The van der Waals surface area contributed by atoms with E-state index in [2.05, 4.69) is 55.2 Å². The van der Waals surface area contributed by atoms with Gasteiger partial charge >= 0.3 is 0 Å². The summed E-state index contributed by atoms with van der Waals surface area (Å²) in [6.45, 7) is 4.26. The van der Waals surface area contributed by atoms with E-state index < -0.39 is 0 Å². The van der Waals surface area contributed by atoms with Crippen molar-refractivity contribution in [3.8, 4) is 33.9 Å². The molecule has 0 unspecified atom stereocenters. The number of rotatable bonds is 4. The second-order valence-electron chi connectivity index (χ2n) is 5.76. The lowest BCUT2D eigenvalue weighted by Gasteiger charge is -2.14. The quantitative estimate of drug-likeness (QED) is 0.674. The molecule has 0 saturated carbocycles. The summed E-state index contributed by atoms with van der Waals surface area (Å²) in [6.07, 6.45) is 1.74. The molecule has 1 aromatic heterocycles. The fraction of sp³-hybridized carbons (Fsp3) is 0.190. The Balaban J connectivity index is 2.12. The van der Waals surface area contributed by atoms with Crippen LogP contribution in [-0.4, -0.2) is 19.2 Å². The van der Waals surface area contributed by atoms with E-state index >= 15 is 0 Å². The van der Waals surface area contributed by atoms with Crippen LogP contribution >= 0.6 is 0 Å². The molecule has 0 aliphatic rings. The van der Waals surface area contributed by atoms with E-state index in [4.69, 9.17) is 9.47 Å². The third-order valence-electron chi connectivity index (χ3n) is 4.21. The summed E-state index contributed by atoms with van der Waals surface area (Å²) in [4.78, 5) is 4.44. The van der Waals surface area contributed by atoms with Crippen molar-refractivity contribution in [1.82, 2.24) is 4.98 Å². The second kappa shape index (κ2) is 6.75. The Morgan fingerprint density at radius 2 is 1.58 bits per heavy atom. The average molecular weight is 319 g/mol. The summed E-state index contributed by atoms with van der Waals surface area (Å²) >= 11 is 0. The molecule has 0 fully saturated rings. The van der Waals surface area contributed by atoms with Gasteiger partial charge in [-0.15, -0.1) is 0 Å². The van der Waals surface area contributed by atoms with Gasteiger partial charge in [-0.05, 0) is 54.3 Å². The number of nitrogens with zero attached hydrogens (tertiary/aromatic N) is 1. The van der Waals surface area contributed by atoms with E-state index in [9.17, 15) is 0 Å². The number of aromatic nitrogens is 1. The molecule has 3 rings (SSSR count). The molecule has 0 amide bonds. The lowest BCUT2D eigenvalue weighted by Crippen LogP contribution is -1.94. The first-order valence-electron chi connectivity index (χ1n) is 7.89. The van der Waals surface area contributed by atoms with Gasteiger partial charge in [0.05, 0.1) is 19.9 Å². The van der Waals surface area contributed by atoms with Gasteiger partial charge in [-0.3, -0.25) is 4.98 Å². The third kappa shape index (κ3) is 2.98. The number of ether oxygens (including phenoxy) is 2. The number of methoxy groups -OCH3 is 2. The van der Waals surface area contributed by atoms with Crippen molar-refractivity contribution in [2.75, 3.05) is 14.2 Å². The Bertz CT molecular complexity index is 851. The molecule has 0 N–H and O–H groups in total. The van der Waals surface area contributed by atoms with Crippen LogP contribution in [0.4, 0.5) is 0 Å². The summed E-state index contributed by atoms with van der Waals surface area (Å²) in [6, 6.07) is 16.3. The van der Waals surface area contributed by atoms with Crippen molar-refractivity contribution in [1.29, 1.82) is 0 Å². The minimum absolute atomic E-state index is 0.779. The van der Waals surface area contributed by atoms with Crippen LogP contribution < -0.4 is 9.47 Å². The standard InChI is InChI=1S/C21H21NO2/c1-14-6-5-7-15(2)21(14)16-8-9-18(20(12-16)24-4)19-13-17(23-3)10-11-22-19/h5-13H,1-4H3. The SMILES string of the molecule is COc1ccnc(-c2ccc(-c3c(C)cccc3C)cc2OC)c1. The normalized spacial score (nSPS) is 10.5. The van der Waals surface area contributed by atoms with E-state index in [0.29, 0.717) is 0 Å². The maximum Gasteiger partial charge on any atom is 0.128 e. The molecule has 0 atom stereocenters. The maximum atomic E-state index is 5.63. The van der Waals surface area contributed by atoms with Crippen molar-refractivity contribution in [3.05, 3.63) is 65.9 Å². The minimum atomic E-state index is 0.779. The van der Waals surface area contributed by atoms with Crippen molar-refractivity contribution < 1.29 is 9.47 Å². The van der Waals surface area contributed by atoms with E-state index in [1.165, 1.54) is 16.7 Å². The molecule has 0 spiro atoms. The van der Waals surface area contributed by atoms with Gasteiger partial charge in [-0.25, -0.2) is 0 Å². The third-order valence-corrected chi connectivity index (χ3v) is 4.21. The van der Waals surface area contributed by atoms with Gasteiger partial charge in [0.1, 0.15) is 11.5 Å². The summed E-state index contributed by atoms with van der Waals surface area (Å²) in [5.41, 5.74) is 6.69. The number of hydrogen-bond acceptors (Lipinski definition) is 3. The van der Waals surface area contributed by atoms with Gasteiger partial charge in [0.2, 0.25) is 0 Å². The summed E-state index contributed by atoms with van der Waals surface area (Å²) in [7, 11) is 3.34. The molecule has 0 radical (unpaired) electrons. The summed E-state index contributed by atoms with van der Waals surface area (Å²) in [5, 5.41) is 0. The van der Waals surface area contributed by atoms with Crippen LogP contribution in [0.25, 0.3) is 22.4 Å². The second-order valence-corrected chi connectivity index (χ2v) is 5.76. The zero-order chi connectivity index (χ0) is 17.1. The molecule has 1 heterocycles. The highest BCUT2D eigenvalue weighted by molar-refractivity contribution is 5.77. The van der Waals surface area contributed by atoms with Crippen LogP contribution in [0.15, 0.2) is 54.7 Å². The first-order valence-corrected chi connectivity index (χ1v) is 7.89. The predicted octanol–water partition coefficient (Wildman–Crippen LogP) is 5.05. The van der Waals surface area contributed by atoms with Crippen LogP contribution in [0.5, 0.6) is 11.5 Å². The lowest BCUT2D eigenvalue weighted by atomic mass is 9.94. The van der Waals surface area contributed by atoms with Gasteiger partial charge in [0, 0.05) is 17.8 Å². The smallest absolute Gasteiger partial charge is 0.128 e. The molecule has 0 aliphatic heterocycles. The highest BCUT2D eigenvalue weighted by Gasteiger charge is 2.12. The Morgan fingerprint density at radius 1 is 0.833 bits per heavy atom. The summed E-state index contributed by atoms with van der Waals surface area (Å²) in [5.74, 6) is 1.58. The molecule has 0 aliphatic carbocycles. The molecule has 2 aromatic carbocycles. The summed E-state index contributed by atoms with van der Waals surface area (Å²) < 4.78 is 10.9. The van der Waals surface area contributed by atoms with Crippen LogP contribution in [0.3, 0.4) is 0 Å². The molecule has 3 nitrogen and oxygen atoms in total.